The molecule has 4 aromatic rings. The number of amides is 2. The summed E-state index contributed by atoms with van der Waals surface area (Å²) in [6.07, 6.45) is 0.253. The van der Waals surface area contributed by atoms with Crippen molar-refractivity contribution in [1.29, 1.82) is 0 Å². The third-order valence-corrected chi connectivity index (χ3v) is 8.73. The number of ether oxygens (including phenoxy) is 1. The first-order valence-corrected chi connectivity index (χ1v) is 15.0. The molecule has 9 heteroatoms. The van der Waals surface area contributed by atoms with Crippen molar-refractivity contribution in [1.82, 2.24) is 10.2 Å². The van der Waals surface area contributed by atoms with Crippen molar-refractivity contribution in [3.8, 4) is 5.75 Å². The van der Waals surface area contributed by atoms with Crippen LogP contribution in [0, 0.1) is 6.92 Å². The van der Waals surface area contributed by atoms with Gasteiger partial charge in [0, 0.05) is 26.1 Å². The normalized spacial score (nSPS) is 11.8. The van der Waals surface area contributed by atoms with Crippen LogP contribution in [0.15, 0.2) is 114 Å². The fourth-order valence-corrected chi connectivity index (χ4v) is 6.04. The summed E-state index contributed by atoms with van der Waals surface area (Å²) in [6.45, 7) is 1.45. The van der Waals surface area contributed by atoms with Crippen molar-refractivity contribution in [3.63, 3.8) is 0 Å². The van der Waals surface area contributed by atoms with E-state index < -0.39 is 28.5 Å². The molecule has 1 N–H and O–H groups in total. The Bertz CT molecular complexity index is 1590. The number of carbonyl (C=O) groups excluding carboxylic acids is 2. The van der Waals surface area contributed by atoms with E-state index in [1.54, 1.807) is 36.4 Å². The van der Waals surface area contributed by atoms with E-state index in [1.165, 1.54) is 31.2 Å². The molecule has 0 aliphatic carbocycles. The van der Waals surface area contributed by atoms with Gasteiger partial charge in [0.15, 0.2) is 0 Å². The van der Waals surface area contributed by atoms with Crippen LogP contribution in [0.1, 0.15) is 16.7 Å². The maximum Gasteiger partial charge on any atom is 0.264 e. The molecule has 1 atom stereocenters. The number of hydrogen-bond acceptors (Lipinski definition) is 5. The number of anilines is 1. The molecule has 2 amide bonds. The Morgan fingerprint density at radius 2 is 1.45 bits per heavy atom. The summed E-state index contributed by atoms with van der Waals surface area (Å²) in [5.74, 6) is -0.433. The minimum Gasteiger partial charge on any atom is -0.497 e. The van der Waals surface area contributed by atoms with Crippen LogP contribution in [0.2, 0.25) is 0 Å². The topological polar surface area (TPSA) is 96.0 Å². The second kappa shape index (κ2) is 13.8. The number of rotatable bonds is 12. The van der Waals surface area contributed by atoms with E-state index in [-0.39, 0.29) is 29.5 Å². The summed E-state index contributed by atoms with van der Waals surface area (Å²) >= 11 is 0. The van der Waals surface area contributed by atoms with Crippen molar-refractivity contribution in [2.24, 2.45) is 0 Å². The molecule has 0 radical (unpaired) electrons. The zero-order valence-corrected chi connectivity index (χ0v) is 24.8. The van der Waals surface area contributed by atoms with E-state index in [9.17, 15) is 18.0 Å². The van der Waals surface area contributed by atoms with E-state index in [4.69, 9.17) is 4.74 Å². The van der Waals surface area contributed by atoms with E-state index in [1.807, 2.05) is 67.6 Å². The van der Waals surface area contributed by atoms with Gasteiger partial charge >= 0.3 is 0 Å². The first-order chi connectivity index (χ1) is 20.2. The van der Waals surface area contributed by atoms with Crippen LogP contribution < -0.4 is 14.4 Å². The monoisotopic (exact) mass is 585 g/mol. The third kappa shape index (κ3) is 7.36. The quantitative estimate of drug-likeness (QED) is 0.263. The molecule has 0 aliphatic rings. The van der Waals surface area contributed by atoms with Gasteiger partial charge in [-0.05, 0) is 42.3 Å². The van der Waals surface area contributed by atoms with Gasteiger partial charge in [-0.1, -0.05) is 84.4 Å². The number of sulfonamides is 1. The Hall–Kier alpha value is -4.63. The van der Waals surface area contributed by atoms with Crippen molar-refractivity contribution in [2.45, 2.75) is 30.8 Å². The van der Waals surface area contributed by atoms with Gasteiger partial charge in [0.2, 0.25) is 11.8 Å². The standard InChI is InChI=1S/C33H35N3O5S/c1-25-17-19-30(20-18-25)42(39,40)36(28-15-10-16-29(22-28)41-3)24-32(37)35(23-27-13-8-5-9-14-27)31(33(38)34-2)21-26-11-6-4-7-12-26/h4-20,22,31H,21,23-24H2,1-3H3,(H,34,38). The van der Waals surface area contributed by atoms with Crippen LogP contribution in [0.5, 0.6) is 5.75 Å². The molecule has 4 aromatic carbocycles. The van der Waals surface area contributed by atoms with Gasteiger partial charge < -0.3 is 15.0 Å². The number of methoxy groups -OCH3 is 1. The smallest absolute Gasteiger partial charge is 0.264 e. The Morgan fingerprint density at radius 1 is 0.833 bits per heavy atom. The lowest BCUT2D eigenvalue weighted by Gasteiger charge is -2.33. The number of hydrogen-bond donors (Lipinski definition) is 1. The molecular formula is C33H35N3O5S. The number of nitrogens with one attached hydrogen (secondary N) is 1. The predicted octanol–water partition coefficient (Wildman–Crippen LogP) is 4.59. The number of nitrogens with zero attached hydrogens (tertiary/aromatic N) is 2. The van der Waals surface area contributed by atoms with Crippen LogP contribution in [0.4, 0.5) is 5.69 Å². The Kier molecular flexibility index (Phi) is 9.98. The number of aryl methyl sites for hydroxylation is 1. The van der Waals surface area contributed by atoms with E-state index in [0.29, 0.717) is 5.75 Å². The maximum absolute atomic E-state index is 14.3. The summed E-state index contributed by atoms with van der Waals surface area (Å²) in [7, 11) is -1.17. The first-order valence-electron chi connectivity index (χ1n) is 13.6. The lowest BCUT2D eigenvalue weighted by atomic mass is 10.0. The molecule has 4 rings (SSSR count). The van der Waals surface area contributed by atoms with Crippen molar-refractivity contribution in [2.75, 3.05) is 25.0 Å². The van der Waals surface area contributed by atoms with Crippen molar-refractivity contribution < 1.29 is 22.7 Å². The van der Waals surface area contributed by atoms with Gasteiger partial charge in [0.25, 0.3) is 10.0 Å². The van der Waals surface area contributed by atoms with E-state index in [2.05, 4.69) is 5.32 Å². The molecule has 0 aromatic heterocycles. The highest BCUT2D eigenvalue weighted by Gasteiger charge is 2.34. The van der Waals surface area contributed by atoms with Gasteiger partial charge in [0.05, 0.1) is 17.7 Å². The van der Waals surface area contributed by atoms with Gasteiger partial charge in [-0.3, -0.25) is 13.9 Å². The molecule has 1 unspecified atom stereocenters. The summed E-state index contributed by atoms with van der Waals surface area (Å²) in [5, 5.41) is 2.69. The molecule has 0 saturated heterocycles. The highest BCUT2D eigenvalue weighted by Crippen LogP contribution is 2.28. The van der Waals surface area contributed by atoms with Gasteiger partial charge in [-0.2, -0.15) is 0 Å². The summed E-state index contributed by atoms with van der Waals surface area (Å²) in [5.41, 5.74) is 2.85. The van der Waals surface area contributed by atoms with E-state index >= 15 is 0 Å². The predicted molar refractivity (Wildman–Crippen MR) is 164 cm³/mol. The average molecular weight is 586 g/mol. The van der Waals surface area contributed by atoms with Gasteiger partial charge in [-0.15, -0.1) is 0 Å². The van der Waals surface area contributed by atoms with Crippen LogP contribution in [-0.4, -0.2) is 51.9 Å². The summed E-state index contributed by atoms with van der Waals surface area (Å²) in [4.78, 5) is 29.1. The number of carbonyl (C=O) groups is 2. The average Bonchev–Trinajstić information content (AvgIpc) is 3.02. The molecule has 0 saturated carbocycles. The highest BCUT2D eigenvalue weighted by atomic mass is 32.2. The van der Waals surface area contributed by atoms with Crippen LogP contribution in [0.3, 0.4) is 0 Å². The molecule has 0 aliphatic heterocycles. The Labute approximate surface area is 247 Å². The van der Waals surface area contributed by atoms with Gasteiger partial charge in [-0.25, -0.2) is 8.42 Å². The lowest BCUT2D eigenvalue weighted by molar-refractivity contribution is -0.139. The number of benzene rings is 4. The second-order valence-corrected chi connectivity index (χ2v) is 11.7. The molecule has 8 nitrogen and oxygen atoms in total. The maximum atomic E-state index is 14.3. The van der Waals surface area contributed by atoms with Crippen molar-refractivity contribution >= 4 is 27.5 Å². The molecule has 0 heterocycles. The van der Waals surface area contributed by atoms with E-state index in [0.717, 1.165) is 21.0 Å². The van der Waals surface area contributed by atoms with Crippen LogP contribution in [0.25, 0.3) is 0 Å². The molecule has 0 fully saturated rings. The first kappa shape index (κ1) is 30.3. The Morgan fingerprint density at radius 3 is 2.05 bits per heavy atom. The number of likely N-dealkylation sites (N-methyl/N-ethyl adjacent to an activating group) is 1. The molecule has 0 bridgehead atoms. The van der Waals surface area contributed by atoms with Gasteiger partial charge in [0.1, 0.15) is 18.3 Å². The SMILES string of the molecule is CNC(=O)C(Cc1ccccc1)N(Cc1ccccc1)C(=O)CN(c1cccc(OC)c1)S(=O)(=O)c1ccc(C)cc1. The minimum atomic E-state index is -4.18. The van der Waals surface area contributed by atoms with Crippen molar-refractivity contribution in [3.05, 3.63) is 126 Å². The zero-order valence-electron chi connectivity index (χ0n) is 23.9. The summed E-state index contributed by atoms with van der Waals surface area (Å²) in [6, 6.07) is 30.9. The second-order valence-electron chi connectivity index (χ2n) is 9.85. The highest BCUT2D eigenvalue weighted by molar-refractivity contribution is 7.92. The fraction of sp³-hybridized carbons (Fsp3) is 0.212. The van der Waals surface area contributed by atoms with Crippen LogP contribution in [-0.2, 0) is 32.6 Å². The molecule has 0 spiro atoms. The minimum absolute atomic E-state index is 0.0467. The third-order valence-electron chi connectivity index (χ3n) is 6.94. The summed E-state index contributed by atoms with van der Waals surface area (Å²) < 4.78 is 34.5. The Balaban J connectivity index is 1.79. The largest absolute Gasteiger partial charge is 0.497 e. The van der Waals surface area contributed by atoms with Crippen LogP contribution >= 0.6 is 0 Å². The molecular weight excluding hydrogens is 550 g/mol. The zero-order chi connectivity index (χ0) is 30.1. The molecule has 42 heavy (non-hydrogen) atoms. The lowest BCUT2D eigenvalue weighted by Crippen LogP contribution is -2.53. The fourth-order valence-electron chi connectivity index (χ4n) is 4.63. The molecule has 218 valence electrons.